The monoisotopic (exact) mass is 278 g/mol. The highest BCUT2D eigenvalue weighted by Crippen LogP contribution is 2.12. The molecule has 0 aliphatic rings. The third-order valence-corrected chi connectivity index (χ3v) is 3.17. The van der Waals surface area contributed by atoms with E-state index in [1.807, 2.05) is 18.2 Å². The quantitative estimate of drug-likeness (QED) is 0.564. The lowest BCUT2D eigenvalue weighted by Gasteiger charge is -2.07. The summed E-state index contributed by atoms with van der Waals surface area (Å²) >= 11 is 4.91. The normalized spacial score (nSPS) is 10.2. The van der Waals surface area contributed by atoms with E-state index in [4.69, 9.17) is 18.0 Å². The van der Waals surface area contributed by atoms with Gasteiger partial charge in [0, 0.05) is 17.7 Å². The molecule has 0 aromatic heterocycles. The summed E-state index contributed by atoms with van der Waals surface area (Å²) in [6, 6.07) is 7.32. The van der Waals surface area contributed by atoms with Crippen molar-refractivity contribution in [1.29, 1.82) is 0 Å². The number of thiocarbonyl (C=S) groups is 1. The van der Waals surface area contributed by atoms with Crippen LogP contribution in [-0.2, 0) is 4.79 Å². The molecule has 0 atom stereocenters. The maximum atomic E-state index is 11.8. The topological polar surface area (TPSA) is 55.1 Å². The largest absolute Gasteiger partial charge is 0.389 e. The van der Waals surface area contributed by atoms with Crippen LogP contribution in [-0.4, -0.2) is 10.9 Å². The van der Waals surface area contributed by atoms with Crippen molar-refractivity contribution in [3.8, 4) is 0 Å². The van der Waals surface area contributed by atoms with E-state index in [9.17, 15) is 4.79 Å². The minimum absolute atomic E-state index is 0.0524. The zero-order valence-corrected chi connectivity index (χ0v) is 12.3. The fourth-order valence-corrected chi connectivity index (χ4v) is 1.99. The average Bonchev–Trinajstić information content (AvgIpc) is 2.38. The Morgan fingerprint density at radius 3 is 2.68 bits per heavy atom. The van der Waals surface area contributed by atoms with Gasteiger partial charge in [0.25, 0.3) is 0 Å². The molecule has 0 unspecified atom stereocenters. The first-order valence-corrected chi connectivity index (χ1v) is 7.24. The minimum Gasteiger partial charge on any atom is -0.389 e. The molecular formula is C15H22N2OS. The van der Waals surface area contributed by atoms with Crippen LogP contribution in [0.3, 0.4) is 0 Å². The average molecular weight is 278 g/mol. The lowest BCUT2D eigenvalue weighted by Crippen LogP contribution is -2.13. The first-order valence-electron chi connectivity index (χ1n) is 6.83. The Morgan fingerprint density at radius 2 is 2.00 bits per heavy atom. The van der Waals surface area contributed by atoms with Crippen LogP contribution in [0.1, 0.15) is 51.0 Å². The molecule has 4 heteroatoms. The van der Waals surface area contributed by atoms with Crippen LogP contribution < -0.4 is 11.1 Å². The lowest BCUT2D eigenvalue weighted by atomic mass is 10.1. The molecule has 3 nitrogen and oxygen atoms in total. The molecule has 0 spiro atoms. The van der Waals surface area contributed by atoms with Gasteiger partial charge in [-0.15, -0.1) is 0 Å². The molecule has 0 saturated carbocycles. The van der Waals surface area contributed by atoms with Crippen molar-refractivity contribution < 1.29 is 4.79 Å². The second-order valence-corrected chi connectivity index (χ2v) is 5.10. The van der Waals surface area contributed by atoms with E-state index in [-0.39, 0.29) is 5.91 Å². The molecule has 0 saturated heterocycles. The smallest absolute Gasteiger partial charge is 0.224 e. The van der Waals surface area contributed by atoms with Crippen LogP contribution in [0.2, 0.25) is 0 Å². The van der Waals surface area contributed by atoms with Gasteiger partial charge < -0.3 is 11.1 Å². The Balaban J connectivity index is 2.35. The van der Waals surface area contributed by atoms with Gasteiger partial charge in [-0.1, -0.05) is 57.0 Å². The van der Waals surface area contributed by atoms with E-state index in [1.165, 1.54) is 19.3 Å². The van der Waals surface area contributed by atoms with Crippen molar-refractivity contribution in [2.24, 2.45) is 5.73 Å². The third-order valence-electron chi connectivity index (χ3n) is 2.94. The number of hydrogen-bond donors (Lipinski definition) is 2. The van der Waals surface area contributed by atoms with E-state index in [0.29, 0.717) is 11.4 Å². The highest BCUT2D eigenvalue weighted by molar-refractivity contribution is 7.80. The minimum atomic E-state index is 0.0524. The van der Waals surface area contributed by atoms with Gasteiger partial charge in [-0.25, -0.2) is 0 Å². The predicted molar refractivity (Wildman–Crippen MR) is 84.3 cm³/mol. The Morgan fingerprint density at radius 1 is 1.26 bits per heavy atom. The molecule has 1 rings (SSSR count). The predicted octanol–water partition coefficient (Wildman–Crippen LogP) is 3.62. The summed E-state index contributed by atoms with van der Waals surface area (Å²) in [6.45, 7) is 2.18. The third kappa shape index (κ3) is 6.34. The van der Waals surface area contributed by atoms with E-state index >= 15 is 0 Å². The molecule has 3 N–H and O–H groups in total. The molecule has 104 valence electrons. The Labute approximate surface area is 120 Å². The van der Waals surface area contributed by atoms with Crippen molar-refractivity contribution in [2.75, 3.05) is 5.32 Å². The number of amides is 1. The standard InChI is InChI=1S/C15H22N2OS/c1-2-3-4-5-6-10-14(18)17-13-9-7-8-12(11-13)15(16)19/h7-9,11H,2-6,10H2,1H3,(H2,16,19)(H,17,18). The summed E-state index contributed by atoms with van der Waals surface area (Å²) in [5.41, 5.74) is 7.09. The molecule has 0 bridgehead atoms. The van der Waals surface area contributed by atoms with E-state index < -0.39 is 0 Å². The summed E-state index contributed by atoms with van der Waals surface area (Å²) in [7, 11) is 0. The first-order chi connectivity index (χ1) is 9.13. The van der Waals surface area contributed by atoms with Gasteiger partial charge in [0.15, 0.2) is 0 Å². The van der Waals surface area contributed by atoms with E-state index in [0.717, 1.165) is 24.1 Å². The van der Waals surface area contributed by atoms with Crippen LogP contribution in [0.25, 0.3) is 0 Å². The van der Waals surface area contributed by atoms with Crippen molar-refractivity contribution in [3.63, 3.8) is 0 Å². The highest BCUT2D eigenvalue weighted by Gasteiger charge is 2.03. The van der Waals surface area contributed by atoms with Crippen molar-refractivity contribution >= 4 is 28.8 Å². The zero-order valence-electron chi connectivity index (χ0n) is 11.4. The first kappa shape index (κ1) is 15.6. The molecule has 19 heavy (non-hydrogen) atoms. The fourth-order valence-electron chi connectivity index (χ4n) is 1.86. The number of benzene rings is 1. The SMILES string of the molecule is CCCCCCCC(=O)Nc1cccc(C(N)=S)c1. The van der Waals surface area contributed by atoms with Gasteiger partial charge in [0.1, 0.15) is 4.99 Å². The van der Waals surface area contributed by atoms with Gasteiger partial charge in [-0.2, -0.15) is 0 Å². The molecule has 1 aromatic rings. The molecule has 0 aliphatic heterocycles. The van der Waals surface area contributed by atoms with Gasteiger partial charge in [0.2, 0.25) is 5.91 Å². The number of nitrogens with two attached hydrogens (primary N) is 1. The van der Waals surface area contributed by atoms with Gasteiger partial charge in [-0.05, 0) is 18.6 Å². The summed E-state index contributed by atoms with van der Waals surface area (Å²) in [4.78, 5) is 12.1. The number of carbonyl (C=O) groups excluding carboxylic acids is 1. The van der Waals surface area contributed by atoms with Crippen LogP contribution >= 0.6 is 12.2 Å². The van der Waals surface area contributed by atoms with E-state index in [1.54, 1.807) is 6.07 Å². The molecule has 0 fully saturated rings. The van der Waals surface area contributed by atoms with Gasteiger partial charge in [-0.3, -0.25) is 4.79 Å². The summed E-state index contributed by atoms with van der Waals surface area (Å²) in [5, 5.41) is 2.87. The highest BCUT2D eigenvalue weighted by atomic mass is 32.1. The summed E-state index contributed by atoms with van der Waals surface area (Å²) in [5.74, 6) is 0.0524. The molecule has 0 aliphatic carbocycles. The number of carbonyl (C=O) groups is 1. The molecule has 0 radical (unpaired) electrons. The maximum Gasteiger partial charge on any atom is 0.224 e. The van der Waals surface area contributed by atoms with Crippen LogP contribution in [0, 0.1) is 0 Å². The summed E-state index contributed by atoms with van der Waals surface area (Å²) in [6.07, 6.45) is 6.31. The van der Waals surface area contributed by atoms with E-state index in [2.05, 4.69) is 12.2 Å². The maximum absolute atomic E-state index is 11.8. The van der Waals surface area contributed by atoms with Crippen molar-refractivity contribution in [1.82, 2.24) is 0 Å². The fraction of sp³-hybridized carbons (Fsp3) is 0.467. The van der Waals surface area contributed by atoms with Gasteiger partial charge >= 0.3 is 0 Å². The van der Waals surface area contributed by atoms with Gasteiger partial charge in [0.05, 0.1) is 0 Å². The Kier molecular flexibility index (Phi) is 7.11. The number of anilines is 1. The van der Waals surface area contributed by atoms with Crippen LogP contribution in [0.4, 0.5) is 5.69 Å². The Hall–Kier alpha value is -1.42. The number of unbranched alkanes of at least 4 members (excludes halogenated alkanes) is 4. The molecule has 1 amide bonds. The zero-order chi connectivity index (χ0) is 14.1. The summed E-state index contributed by atoms with van der Waals surface area (Å²) < 4.78 is 0. The second-order valence-electron chi connectivity index (χ2n) is 4.66. The molecule has 0 heterocycles. The molecule has 1 aromatic carbocycles. The van der Waals surface area contributed by atoms with Crippen molar-refractivity contribution in [3.05, 3.63) is 29.8 Å². The Bertz CT molecular complexity index is 432. The lowest BCUT2D eigenvalue weighted by molar-refractivity contribution is -0.116. The second kappa shape index (κ2) is 8.64. The molecular weight excluding hydrogens is 256 g/mol. The van der Waals surface area contributed by atoms with Crippen LogP contribution in [0.15, 0.2) is 24.3 Å². The number of hydrogen-bond acceptors (Lipinski definition) is 2. The number of nitrogens with one attached hydrogen (secondary N) is 1. The number of rotatable bonds is 8. The van der Waals surface area contributed by atoms with Crippen molar-refractivity contribution in [2.45, 2.75) is 45.4 Å². The van der Waals surface area contributed by atoms with Crippen LogP contribution in [0.5, 0.6) is 0 Å².